The van der Waals surface area contributed by atoms with Gasteiger partial charge in [-0.15, -0.1) is 0 Å². The Balaban J connectivity index is 2.90. The molecule has 13 heavy (non-hydrogen) atoms. The lowest BCUT2D eigenvalue weighted by Gasteiger charge is -2.20. The minimum Gasteiger partial charge on any atom is -0.475 e. The molecule has 0 fully saturated rings. The Morgan fingerprint density at radius 1 is 1.69 bits per heavy atom. The molecule has 1 aliphatic rings. The second-order valence-corrected chi connectivity index (χ2v) is 2.71. The smallest absolute Gasteiger partial charge is 0.378 e. The van der Waals surface area contributed by atoms with Gasteiger partial charge in [0.05, 0.1) is 5.55 Å². The van der Waals surface area contributed by atoms with Crippen LogP contribution in [0, 0.1) is 0 Å². The van der Waals surface area contributed by atoms with Crippen molar-refractivity contribution in [2.24, 2.45) is 4.99 Å². The molecule has 1 amide bonds. The summed E-state index contributed by atoms with van der Waals surface area (Å²) in [5.74, 6) is -4.75. The molecule has 70 valence electrons. The van der Waals surface area contributed by atoms with E-state index in [9.17, 15) is 14.4 Å². The molecule has 0 aliphatic carbocycles. The van der Waals surface area contributed by atoms with Crippen LogP contribution in [-0.2, 0) is 14.4 Å². The van der Waals surface area contributed by atoms with Crippen LogP contribution in [0.5, 0.6) is 0 Å². The normalized spacial score (nSPS) is 25.5. The molecule has 1 atom stereocenters. The number of aliphatic carboxylic acids is 1. The van der Waals surface area contributed by atoms with Crippen LogP contribution in [0.1, 0.15) is 0 Å². The maximum absolute atomic E-state index is 11.0. The summed E-state index contributed by atoms with van der Waals surface area (Å²) in [4.78, 5) is 35.0. The van der Waals surface area contributed by atoms with E-state index >= 15 is 0 Å². The maximum atomic E-state index is 11.0. The van der Waals surface area contributed by atoms with Crippen molar-refractivity contribution in [2.45, 2.75) is 5.79 Å². The number of nitrogens with one attached hydrogen (secondary N) is 2. The summed E-state index contributed by atoms with van der Waals surface area (Å²) in [7, 11) is 0. The lowest BCUT2D eigenvalue weighted by molar-refractivity contribution is -0.152. The van der Waals surface area contributed by atoms with Crippen molar-refractivity contribution in [3.63, 3.8) is 0 Å². The Morgan fingerprint density at radius 2 is 2.38 bits per heavy atom. The van der Waals surface area contributed by atoms with E-state index in [1.807, 2.05) is 5.32 Å². The highest BCUT2D eigenvalue weighted by Crippen LogP contribution is 2.15. The van der Waals surface area contributed by atoms with Crippen LogP contribution in [-0.4, -0.2) is 34.6 Å². The van der Waals surface area contributed by atoms with Crippen molar-refractivity contribution in [3.8, 4) is 0 Å². The third-order valence-electron chi connectivity index (χ3n) is 1.30. The Labute approximate surface area is 76.7 Å². The van der Waals surface area contributed by atoms with Crippen LogP contribution >= 0.6 is 11.9 Å². The van der Waals surface area contributed by atoms with E-state index in [0.717, 1.165) is 11.9 Å². The minimum absolute atomic E-state index is 0.205. The third kappa shape index (κ3) is 1.68. The lowest BCUT2D eigenvalue weighted by Crippen LogP contribution is -2.58. The van der Waals surface area contributed by atoms with E-state index in [1.165, 1.54) is 5.55 Å². The van der Waals surface area contributed by atoms with Crippen LogP contribution in [0.4, 0.5) is 0 Å². The molecule has 0 saturated carbocycles. The summed E-state index contributed by atoms with van der Waals surface area (Å²) in [6.07, 6.45) is 0.205. The van der Waals surface area contributed by atoms with Gasteiger partial charge >= 0.3 is 11.8 Å². The minimum atomic E-state index is -1.85. The van der Waals surface area contributed by atoms with Gasteiger partial charge < -0.3 is 10.4 Å². The van der Waals surface area contributed by atoms with Crippen molar-refractivity contribution in [2.75, 3.05) is 0 Å². The van der Waals surface area contributed by atoms with E-state index in [2.05, 4.69) is 9.71 Å². The molecule has 1 heterocycles. The number of carboxylic acid groups (broad SMARTS) is 1. The lowest BCUT2D eigenvalue weighted by atomic mass is 10.2. The summed E-state index contributed by atoms with van der Waals surface area (Å²) < 4.78 is 2.37. The first kappa shape index (κ1) is 9.68. The molecule has 8 heteroatoms. The molecule has 0 bridgehead atoms. The number of hydrogen-bond acceptors (Lipinski definition) is 6. The van der Waals surface area contributed by atoms with Crippen molar-refractivity contribution in [3.05, 3.63) is 0 Å². The van der Waals surface area contributed by atoms with Gasteiger partial charge in [0, 0.05) is 0 Å². The van der Waals surface area contributed by atoms with E-state index in [0.29, 0.717) is 0 Å². The molecule has 0 saturated heterocycles. The number of amides is 1. The molecule has 3 N–H and O–H groups in total. The third-order valence-corrected chi connectivity index (χ3v) is 1.92. The van der Waals surface area contributed by atoms with Crippen LogP contribution in [0.25, 0.3) is 0 Å². The van der Waals surface area contributed by atoms with E-state index < -0.39 is 17.5 Å². The van der Waals surface area contributed by atoms with E-state index in [4.69, 9.17) is 5.11 Å². The molecule has 0 aromatic rings. The number of rotatable bonds is 4. The maximum Gasteiger partial charge on any atom is 0.378 e. The predicted octanol–water partition coefficient (Wildman–Crippen LogP) is -1.68. The first-order valence-electron chi connectivity index (χ1n) is 3.08. The predicted molar refractivity (Wildman–Crippen MR) is 43.8 cm³/mol. The molecule has 0 aromatic heterocycles. The zero-order valence-electron chi connectivity index (χ0n) is 6.18. The Morgan fingerprint density at radius 3 is 2.77 bits per heavy atom. The number of Topliss-reactive ketones (excluding diaryl/α,β-unsaturated/α-hetero) is 1. The first-order valence-corrected chi connectivity index (χ1v) is 3.96. The number of nitrogens with zero attached hydrogens (tertiary/aromatic N) is 1. The molecular weight excluding hydrogens is 198 g/mol. The fourth-order valence-corrected chi connectivity index (χ4v) is 1.36. The van der Waals surface area contributed by atoms with Gasteiger partial charge in [0.2, 0.25) is 6.41 Å². The van der Waals surface area contributed by atoms with Gasteiger partial charge in [0.15, 0.2) is 0 Å². The van der Waals surface area contributed by atoms with E-state index in [-0.39, 0.29) is 6.41 Å². The molecule has 1 rings (SSSR count). The second-order valence-electron chi connectivity index (χ2n) is 2.06. The van der Waals surface area contributed by atoms with Crippen LogP contribution in [0.2, 0.25) is 0 Å². The summed E-state index contributed by atoms with van der Waals surface area (Å²) >= 11 is 0.919. The number of carboxylic acids is 1. The van der Waals surface area contributed by atoms with Crippen LogP contribution in [0.15, 0.2) is 4.99 Å². The number of ketones is 1. The van der Waals surface area contributed by atoms with Crippen molar-refractivity contribution in [1.82, 2.24) is 10.0 Å². The van der Waals surface area contributed by atoms with Gasteiger partial charge in [-0.1, -0.05) is 0 Å². The Bertz CT molecular complexity index is 292. The fourth-order valence-electron chi connectivity index (χ4n) is 0.721. The number of carbonyl (C=O) groups excluding carboxylic acids is 2. The zero-order chi connectivity index (χ0) is 9.90. The average Bonchev–Trinajstić information content (AvgIpc) is 2.53. The topological polar surface area (TPSA) is 108 Å². The molecular formula is C5H5N3O4S. The molecule has 7 nitrogen and oxygen atoms in total. The molecule has 0 radical (unpaired) electrons. The molecule has 0 aromatic carbocycles. The SMILES string of the molecule is O=CNC1(C(=O)C(=O)O)N=CSN1. The van der Waals surface area contributed by atoms with Crippen molar-refractivity contribution in [1.29, 1.82) is 0 Å². The van der Waals surface area contributed by atoms with Gasteiger partial charge in [0.25, 0.3) is 5.79 Å². The summed E-state index contributed by atoms with van der Waals surface area (Å²) in [5.41, 5.74) is 1.23. The van der Waals surface area contributed by atoms with Gasteiger partial charge in [-0.05, 0) is 11.9 Å². The Kier molecular flexibility index (Phi) is 2.63. The number of carbonyl (C=O) groups is 3. The van der Waals surface area contributed by atoms with Gasteiger partial charge in [-0.3, -0.25) is 9.59 Å². The highest BCUT2D eigenvalue weighted by atomic mass is 32.2. The van der Waals surface area contributed by atoms with Gasteiger partial charge in [-0.25, -0.2) is 14.5 Å². The highest BCUT2D eigenvalue weighted by Gasteiger charge is 2.44. The Hall–Kier alpha value is -1.41. The largest absolute Gasteiger partial charge is 0.475 e. The van der Waals surface area contributed by atoms with E-state index in [1.54, 1.807) is 0 Å². The molecule has 1 unspecified atom stereocenters. The quantitative estimate of drug-likeness (QED) is 0.286. The van der Waals surface area contributed by atoms with Crippen LogP contribution in [0.3, 0.4) is 0 Å². The van der Waals surface area contributed by atoms with Crippen molar-refractivity contribution < 1.29 is 19.5 Å². The standard InChI is InChI=1S/C5H5N3O4S/c9-1-6-5(3(10)4(11)12)7-2-13-8-5/h1-2,8H,(H,6,9)(H,11,12). The summed E-state index contributed by atoms with van der Waals surface area (Å²) in [6, 6.07) is 0. The summed E-state index contributed by atoms with van der Waals surface area (Å²) in [5, 5.41) is 10.4. The van der Waals surface area contributed by atoms with Gasteiger partial charge in [0.1, 0.15) is 0 Å². The molecule has 1 aliphatic heterocycles. The zero-order valence-corrected chi connectivity index (χ0v) is 7.00. The number of hydrogen-bond donors (Lipinski definition) is 3. The van der Waals surface area contributed by atoms with Crippen LogP contribution < -0.4 is 10.0 Å². The molecule has 0 spiro atoms. The van der Waals surface area contributed by atoms with Crippen molar-refractivity contribution >= 4 is 35.7 Å². The van der Waals surface area contributed by atoms with Gasteiger partial charge in [-0.2, -0.15) is 0 Å². The fraction of sp³-hybridized carbons (Fsp3) is 0.200. The summed E-state index contributed by atoms with van der Waals surface area (Å²) in [6.45, 7) is 0. The second kappa shape index (κ2) is 3.54. The highest BCUT2D eigenvalue weighted by molar-refractivity contribution is 8.10. The average molecular weight is 203 g/mol. The number of aliphatic imine (C=N–C) groups is 1. The first-order chi connectivity index (χ1) is 6.12. The monoisotopic (exact) mass is 203 g/mol.